The fourth-order valence-electron chi connectivity index (χ4n) is 2.40. The van der Waals surface area contributed by atoms with Gasteiger partial charge in [0, 0.05) is 11.8 Å². The summed E-state index contributed by atoms with van der Waals surface area (Å²) >= 11 is 2.04. The third-order valence-electron chi connectivity index (χ3n) is 3.07. The van der Waals surface area contributed by atoms with Gasteiger partial charge in [0.1, 0.15) is 0 Å². The molecule has 17 heavy (non-hydrogen) atoms. The summed E-state index contributed by atoms with van der Waals surface area (Å²) in [6, 6.07) is 5.06. The molecule has 0 saturated heterocycles. The molecule has 0 amide bonds. The second-order valence-electron chi connectivity index (χ2n) is 4.73. The summed E-state index contributed by atoms with van der Waals surface area (Å²) in [5.41, 5.74) is 5.68. The first-order valence-electron chi connectivity index (χ1n) is 6.42. The summed E-state index contributed by atoms with van der Waals surface area (Å²) in [5, 5.41) is 3.46. The molecule has 0 bridgehead atoms. The van der Waals surface area contributed by atoms with Crippen LogP contribution in [-0.2, 0) is 0 Å². The number of thioether (sulfide) groups is 1. The van der Waals surface area contributed by atoms with E-state index in [1.165, 1.54) is 34.4 Å². The molecule has 0 heterocycles. The molecule has 1 atom stereocenters. The van der Waals surface area contributed by atoms with Crippen molar-refractivity contribution in [2.75, 3.05) is 18.6 Å². The maximum absolute atomic E-state index is 3.46. The summed E-state index contributed by atoms with van der Waals surface area (Å²) < 4.78 is 0. The molecule has 1 unspecified atom stereocenters. The van der Waals surface area contributed by atoms with Crippen molar-refractivity contribution in [3.8, 4) is 0 Å². The van der Waals surface area contributed by atoms with Gasteiger partial charge in [-0.25, -0.2) is 0 Å². The van der Waals surface area contributed by atoms with Gasteiger partial charge in [0.15, 0.2) is 0 Å². The lowest BCUT2D eigenvalue weighted by Gasteiger charge is -2.21. The molecular weight excluding hydrogens is 226 g/mol. The van der Waals surface area contributed by atoms with E-state index in [9.17, 15) is 0 Å². The maximum atomic E-state index is 3.46. The number of aryl methyl sites for hydroxylation is 3. The van der Waals surface area contributed by atoms with Gasteiger partial charge in [-0.3, -0.25) is 0 Å². The highest BCUT2D eigenvalue weighted by atomic mass is 32.2. The number of hydrogen-bond acceptors (Lipinski definition) is 2. The Morgan fingerprint density at radius 1 is 1.18 bits per heavy atom. The van der Waals surface area contributed by atoms with Gasteiger partial charge >= 0.3 is 0 Å². The standard InChI is InChI=1S/C15H25NS/c1-6-7-17-10-14(16-5)15-12(3)8-11(2)9-13(15)4/h8-9,14,16H,6-7,10H2,1-5H3. The Morgan fingerprint density at radius 2 is 1.76 bits per heavy atom. The normalized spacial score (nSPS) is 12.8. The van der Waals surface area contributed by atoms with Crippen LogP contribution in [0.25, 0.3) is 0 Å². The van der Waals surface area contributed by atoms with Crippen LogP contribution in [-0.4, -0.2) is 18.6 Å². The minimum atomic E-state index is 0.479. The predicted molar refractivity (Wildman–Crippen MR) is 80.1 cm³/mol. The van der Waals surface area contributed by atoms with Gasteiger partial charge < -0.3 is 5.32 Å². The first-order valence-corrected chi connectivity index (χ1v) is 7.58. The molecule has 1 aromatic rings. The third-order valence-corrected chi connectivity index (χ3v) is 4.33. The number of rotatable bonds is 6. The number of benzene rings is 1. The summed E-state index contributed by atoms with van der Waals surface area (Å²) in [6.45, 7) is 8.86. The number of hydrogen-bond donors (Lipinski definition) is 1. The van der Waals surface area contributed by atoms with E-state index in [2.05, 4.69) is 52.2 Å². The van der Waals surface area contributed by atoms with Crippen molar-refractivity contribution in [2.45, 2.75) is 40.2 Å². The van der Waals surface area contributed by atoms with E-state index in [4.69, 9.17) is 0 Å². The van der Waals surface area contributed by atoms with Crippen LogP contribution in [0.4, 0.5) is 0 Å². The van der Waals surface area contributed by atoms with Crippen LogP contribution >= 0.6 is 11.8 Å². The summed E-state index contributed by atoms with van der Waals surface area (Å²) in [5.74, 6) is 2.41. The van der Waals surface area contributed by atoms with Crippen molar-refractivity contribution in [1.29, 1.82) is 0 Å². The zero-order valence-electron chi connectivity index (χ0n) is 11.8. The van der Waals surface area contributed by atoms with Gasteiger partial charge in [-0.2, -0.15) is 11.8 Å². The van der Waals surface area contributed by atoms with Crippen molar-refractivity contribution in [1.82, 2.24) is 5.32 Å². The van der Waals surface area contributed by atoms with Crippen LogP contribution in [0.3, 0.4) is 0 Å². The fraction of sp³-hybridized carbons (Fsp3) is 0.600. The molecule has 96 valence electrons. The summed E-state index contributed by atoms with van der Waals surface area (Å²) in [7, 11) is 2.07. The molecule has 0 aliphatic heterocycles. The Hall–Kier alpha value is -0.470. The Bertz CT molecular complexity index is 337. The second kappa shape index (κ2) is 7.07. The molecular formula is C15H25NS. The van der Waals surface area contributed by atoms with E-state index in [0.29, 0.717) is 6.04 Å². The molecule has 0 aliphatic carbocycles. The zero-order chi connectivity index (χ0) is 12.8. The Kier molecular flexibility index (Phi) is 6.07. The van der Waals surface area contributed by atoms with Crippen LogP contribution in [0.1, 0.15) is 41.6 Å². The topological polar surface area (TPSA) is 12.0 Å². The zero-order valence-corrected chi connectivity index (χ0v) is 12.6. The van der Waals surface area contributed by atoms with Crippen molar-refractivity contribution < 1.29 is 0 Å². The van der Waals surface area contributed by atoms with Crippen LogP contribution in [0.5, 0.6) is 0 Å². The molecule has 1 aromatic carbocycles. The first-order chi connectivity index (χ1) is 8.10. The lowest BCUT2D eigenvalue weighted by Crippen LogP contribution is -2.21. The average Bonchev–Trinajstić information content (AvgIpc) is 2.25. The molecule has 1 N–H and O–H groups in total. The highest BCUT2D eigenvalue weighted by molar-refractivity contribution is 7.99. The third kappa shape index (κ3) is 4.04. The molecule has 0 aromatic heterocycles. The molecule has 1 nitrogen and oxygen atoms in total. The van der Waals surface area contributed by atoms with E-state index < -0.39 is 0 Å². The Morgan fingerprint density at radius 3 is 2.24 bits per heavy atom. The van der Waals surface area contributed by atoms with Gasteiger partial charge in [0.2, 0.25) is 0 Å². The van der Waals surface area contributed by atoms with Crippen LogP contribution in [0.15, 0.2) is 12.1 Å². The minimum Gasteiger partial charge on any atom is -0.312 e. The van der Waals surface area contributed by atoms with Gasteiger partial charge in [0.25, 0.3) is 0 Å². The molecule has 2 heteroatoms. The maximum Gasteiger partial charge on any atom is 0.0414 e. The molecule has 0 saturated carbocycles. The lowest BCUT2D eigenvalue weighted by atomic mass is 9.95. The SMILES string of the molecule is CCCSCC(NC)c1c(C)cc(C)cc1C. The van der Waals surface area contributed by atoms with Crippen molar-refractivity contribution >= 4 is 11.8 Å². The Balaban J connectivity index is 2.87. The van der Waals surface area contributed by atoms with Crippen molar-refractivity contribution in [3.05, 3.63) is 34.4 Å². The Labute approximate surface area is 110 Å². The fourth-order valence-corrected chi connectivity index (χ4v) is 3.42. The van der Waals surface area contributed by atoms with E-state index in [1.807, 2.05) is 11.8 Å². The van der Waals surface area contributed by atoms with Gasteiger partial charge in [0.05, 0.1) is 0 Å². The van der Waals surface area contributed by atoms with Crippen molar-refractivity contribution in [3.63, 3.8) is 0 Å². The van der Waals surface area contributed by atoms with Gasteiger partial charge in [-0.05, 0) is 56.7 Å². The smallest absolute Gasteiger partial charge is 0.0414 e. The van der Waals surface area contributed by atoms with E-state index in [1.54, 1.807) is 0 Å². The van der Waals surface area contributed by atoms with E-state index in [0.717, 1.165) is 5.75 Å². The largest absolute Gasteiger partial charge is 0.312 e. The summed E-state index contributed by atoms with van der Waals surface area (Å²) in [6.07, 6.45) is 1.26. The van der Waals surface area contributed by atoms with E-state index in [-0.39, 0.29) is 0 Å². The molecule has 0 fully saturated rings. The second-order valence-corrected chi connectivity index (χ2v) is 5.88. The van der Waals surface area contributed by atoms with Crippen LogP contribution in [0.2, 0.25) is 0 Å². The molecule has 0 aliphatic rings. The monoisotopic (exact) mass is 251 g/mol. The average molecular weight is 251 g/mol. The minimum absolute atomic E-state index is 0.479. The van der Waals surface area contributed by atoms with Crippen LogP contribution < -0.4 is 5.32 Å². The molecule has 0 spiro atoms. The summed E-state index contributed by atoms with van der Waals surface area (Å²) in [4.78, 5) is 0. The lowest BCUT2D eigenvalue weighted by molar-refractivity contribution is 0.653. The predicted octanol–water partition coefficient (Wildman–Crippen LogP) is 4.02. The number of nitrogens with one attached hydrogen (secondary N) is 1. The molecule has 0 radical (unpaired) electrons. The van der Waals surface area contributed by atoms with Gasteiger partial charge in [-0.15, -0.1) is 0 Å². The quantitative estimate of drug-likeness (QED) is 0.767. The highest BCUT2D eigenvalue weighted by Crippen LogP contribution is 2.26. The highest BCUT2D eigenvalue weighted by Gasteiger charge is 2.14. The van der Waals surface area contributed by atoms with E-state index >= 15 is 0 Å². The van der Waals surface area contributed by atoms with Crippen molar-refractivity contribution in [2.24, 2.45) is 0 Å². The van der Waals surface area contributed by atoms with Crippen LogP contribution in [0, 0.1) is 20.8 Å². The van der Waals surface area contributed by atoms with Gasteiger partial charge in [-0.1, -0.05) is 24.6 Å². The first kappa shape index (κ1) is 14.6. The molecule has 1 rings (SSSR count).